The van der Waals surface area contributed by atoms with Gasteiger partial charge < -0.3 is 10.2 Å². The van der Waals surface area contributed by atoms with E-state index >= 15 is 0 Å². The minimum absolute atomic E-state index is 0.0889. The van der Waals surface area contributed by atoms with Gasteiger partial charge in [-0.2, -0.15) is 0 Å². The SMILES string of the molecule is CCN1CCCC2(CC1)NC(=NC)NC2=O. The highest BCUT2D eigenvalue weighted by atomic mass is 16.2. The van der Waals surface area contributed by atoms with Gasteiger partial charge in [-0.05, 0) is 32.4 Å². The minimum Gasteiger partial charge on any atom is -0.342 e. The molecule has 2 aliphatic rings. The number of amides is 1. The van der Waals surface area contributed by atoms with Gasteiger partial charge in [0.25, 0.3) is 5.91 Å². The molecule has 2 fully saturated rings. The summed E-state index contributed by atoms with van der Waals surface area (Å²) in [5, 5.41) is 6.06. The number of nitrogens with one attached hydrogen (secondary N) is 2. The lowest BCUT2D eigenvalue weighted by atomic mass is 9.91. The molecular formula is C11H20N4O. The lowest BCUT2D eigenvalue weighted by molar-refractivity contribution is -0.124. The standard InChI is InChI=1S/C11H20N4O/c1-3-15-7-4-5-11(6-8-15)9(16)13-10(12-2)14-11/h3-8H2,1-2H3,(H2,12,13,14,16). The smallest absolute Gasteiger partial charge is 0.252 e. The third kappa shape index (κ3) is 1.91. The van der Waals surface area contributed by atoms with Crippen LogP contribution in [0.5, 0.6) is 0 Å². The number of hydrogen-bond donors (Lipinski definition) is 2. The molecule has 2 N–H and O–H groups in total. The van der Waals surface area contributed by atoms with Gasteiger partial charge in [0.1, 0.15) is 5.54 Å². The van der Waals surface area contributed by atoms with E-state index in [0.29, 0.717) is 5.96 Å². The number of carbonyl (C=O) groups is 1. The molecular weight excluding hydrogens is 204 g/mol. The molecule has 0 aliphatic carbocycles. The van der Waals surface area contributed by atoms with Crippen LogP contribution in [0.4, 0.5) is 0 Å². The Balaban J connectivity index is 2.11. The molecule has 1 unspecified atom stereocenters. The molecule has 0 radical (unpaired) electrons. The van der Waals surface area contributed by atoms with Crippen LogP contribution in [0.1, 0.15) is 26.2 Å². The summed E-state index contributed by atoms with van der Waals surface area (Å²) in [6.07, 6.45) is 2.82. The second kappa shape index (κ2) is 4.41. The van der Waals surface area contributed by atoms with Crippen molar-refractivity contribution in [3.8, 4) is 0 Å². The molecule has 16 heavy (non-hydrogen) atoms. The van der Waals surface area contributed by atoms with E-state index in [4.69, 9.17) is 0 Å². The van der Waals surface area contributed by atoms with E-state index in [0.717, 1.165) is 38.9 Å². The molecule has 0 aromatic rings. The van der Waals surface area contributed by atoms with Gasteiger partial charge in [0, 0.05) is 13.6 Å². The fourth-order valence-electron chi connectivity index (χ4n) is 2.51. The van der Waals surface area contributed by atoms with Gasteiger partial charge in [-0.15, -0.1) is 0 Å². The molecule has 1 atom stereocenters. The van der Waals surface area contributed by atoms with Crippen LogP contribution >= 0.6 is 0 Å². The molecule has 5 heteroatoms. The number of guanidine groups is 1. The monoisotopic (exact) mass is 224 g/mol. The zero-order valence-corrected chi connectivity index (χ0v) is 10.0. The first-order valence-corrected chi connectivity index (χ1v) is 5.99. The summed E-state index contributed by atoms with van der Waals surface area (Å²) in [6, 6.07) is 0. The largest absolute Gasteiger partial charge is 0.342 e. The highest BCUT2D eigenvalue weighted by Crippen LogP contribution is 2.25. The third-order valence-corrected chi connectivity index (χ3v) is 3.63. The Bertz CT molecular complexity index is 315. The van der Waals surface area contributed by atoms with Crippen LogP contribution in [-0.2, 0) is 4.79 Å². The summed E-state index contributed by atoms with van der Waals surface area (Å²) < 4.78 is 0. The average Bonchev–Trinajstić information content (AvgIpc) is 2.49. The normalized spacial score (nSPS) is 33.9. The third-order valence-electron chi connectivity index (χ3n) is 3.63. The highest BCUT2D eigenvalue weighted by molar-refractivity contribution is 6.09. The Morgan fingerprint density at radius 3 is 2.88 bits per heavy atom. The predicted octanol–water partition coefficient (Wildman–Crippen LogP) is -0.0638. The summed E-state index contributed by atoms with van der Waals surface area (Å²) in [5.41, 5.74) is -0.404. The van der Waals surface area contributed by atoms with E-state index in [1.165, 1.54) is 0 Å². The summed E-state index contributed by atoms with van der Waals surface area (Å²) in [6.45, 7) is 5.30. The summed E-state index contributed by atoms with van der Waals surface area (Å²) >= 11 is 0. The fourth-order valence-corrected chi connectivity index (χ4v) is 2.51. The van der Waals surface area contributed by atoms with Crippen molar-refractivity contribution in [1.29, 1.82) is 0 Å². The van der Waals surface area contributed by atoms with Crippen molar-refractivity contribution in [3.63, 3.8) is 0 Å². The van der Waals surface area contributed by atoms with Crippen LogP contribution in [-0.4, -0.2) is 49.0 Å². The number of aliphatic imine (C=N–C) groups is 1. The second-order valence-corrected chi connectivity index (χ2v) is 4.52. The molecule has 2 aliphatic heterocycles. The van der Waals surface area contributed by atoms with E-state index in [2.05, 4.69) is 27.4 Å². The van der Waals surface area contributed by atoms with Gasteiger partial charge in [0.2, 0.25) is 0 Å². The maximum atomic E-state index is 12.0. The molecule has 0 bridgehead atoms. The van der Waals surface area contributed by atoms with E-state index in [1.807, 2.05) is 0 Å². The van der Waals surface area contributed by atoms with Crippen LogP contribution in [0.15, 0.2) is 4.99 Å². The zero-order valence-electron chi connectivity index (χ0n) is 10.0. The van der Waals surface area contributed by atoms with Gasteiger partial charge in [0.05, 0.1) is 0 Å². The highest BCUT2D eigenvalue weighted by Gasteiger charge is 2.45. The quantitative estimate of drug-likeness (QED) is 0.656. The molecule has 0 aromatic heterocycles. The lowest BCUT2D eigenvalue weighted by Gasteiger charge is -2.24. The first-order valence-electron chi connectivity index (χ1n) is 5.99. The minimum atomic E-state index is -0.404. The Morgan fingerprint density at radius 1 is 1.44 bits per heavy atom. The van der Waals surface area contributed by atoms with Crippen LogP contribution in [0, 0.1) is 0 Å². The van der Waals surface area contributed by atoms with E-state index in [9.17, 15) is 4.79 Å². The molecule has 1 amide bonds. The van der Waals surface area contributed by atoms with E-state index in [-0.39, 0.29) is 5.91 Å². The van der Waals surface area contributed by atoms with Gasteiger partial charge in [0.15, 0.2) is 5.96 Å². The van der Waals surface area contributed by atoms with Crippen molar-refractivity contribution in [2.45, 2.75) is 31.7 Å². The predicted molar refractivity (Wildman–Crippen MR) is 63.3 cm³/mol. The van der Waals surface area contributed by atoms with Gasteiger partial charge in [-0.25, -0.2) is 0 Å². The molecule has 5 nitrogen and oxygen atoms in total. The summed E-state index contributed by atoms with van der Waals surface area (Å²) in [7, 11) is 1.69. The van der Waals surface area contributed by atoms with Crippen LogP contribution in [0.25, 0.3) is 0 Å². The Morgan fingerprint density at radius 2 is 2.25 bits per heavy atom. The van der Waals surface area contributed by atoms with Crippen molar-refractivity contribution in [2.24, 2.45) is 4.99 Å². The van der Waals surface area contributed by atoms with Crippen LogP contribution in [0.3, 0.4) is 0 Å². The number of nitrogens with zero attached hydrogens (tertiary/aromatic N) is 2. The molecule has 2 rings (SSSR count). The van der Waals surface area contributed by atoms with E-state index < -0.39 is 5.54 Å². The van der Waals surface area contributed by atoms with Gasteiger partial charge in [-0.3, -0.25) is 15.1 Å². The first-order chi connectivity index (χ1) is 7.70. The van der Waals surface area contributed by atoms with Crippen LogP contribution < -0.4 is 10.6 Å². The van der Waals surface area contributed by atoms with Gasteiger partial charge >= 0.3 is 0 Å². The van der Waals surface area contributed by atoms with Crippen LogP contribution in [0.2, 0.25) is 0 Å². The molecule has 1 spiro atoms. The van der Waals surface area contributed by atoms with Crippen molar-refractivity contribution in [2.75, 3.05) is 26.7 Å². The van der Waals surface area contributed by atoms with Crippen molar-refractivity contribution in [1.82, 2.24) is 15.5 Å². The van der Waals surface area contributed by atoms with E-state index in [1.54, 1.807) is 7.05 Å². The number of rotatable bonds is 1. The van der Waals surface area contributed by atoms with Crippen molar-refractivity contribution < 1.29 is 4.79 Å². The molecule has 90 valence electrons. The zero-order chi connectivity index (χ0) is 11.6. The van der Waals surface area contributed by atoms with Crippen molar-refractivity contribution >= 4 is 11.9 Å². The van der Waals surface area contributed by atoms with Crippen molar-refractivity contribution in [3.05, 3.63) is 0 Å². The summed E-state index contributed by atoms with van der Waals surface area (Å²) in [4.78, 5) is 18.4. The Labute approximate surface area is 96.3 Å². The molecule has 2 heterocycles. The van der Waals surface area contributed by atoms with Gasteiger partial charge in [-0.1, -0.05) is 6.92 Å². The first kappa shape index (κ1) is 11.4. The second-order valence-electron chi connectivity index (χ2n) is 4.52. The summed E-state index contributed by atoms with van der Waals surface area (Å²) in [5.74, 6) is 0.709. The number of hydrogen-bond acceptors (Lipinski definition) is 3. The lowest BCUT2D eigenvalue weighted by Crippen LogP contribution is -2.47. The molecule has 0 saturated carbocycles. The molecule has 2 saturated heterocycles. The average molecular weight is 224 g/mol. The fraction of sp³-hybridized carbons (Fsp3) is 0.818. The maximum absolute atomic E-state index is 12.0. The topological polar surface area (TPSA) is 56.7 Å². The number of likely N-dealkylation sites (tertiary alicyclic amines) is 1. The number of carbonyl (C=O) groups excluding carboxylic acids is 1. The maximum Gasteiger partial charge on any atom is 0.252 e. The Kier molecular flexibility index (Phi) is 3.14. The molecule has 0 aromatic carbocycles. The Hall–Kier alpha value is -1.10.